The molecule has 0 saturated carbocycles. The predicted molar refractivity (Wildman–Crippen MR) is 210 cm³/mol. The molecular formula is C45H80N2. The summed E-state index contributed by atoms with van der Waals surface area (Å²) in [5, 5.41) is 0. The number of hydrogen-bond donors (Lipinski definition) is 0. The molecule has 0 radical (unpaired) electrons. The molecule has 0 aliphatic carbocycles. The van der Waals surface area contributed by atoms with Gasteiger partial charge in [-0.2, -0.15) is 0 Å². The van der Waals surface area contributed by atoms with Crippen molar-refractivity contribution in [3.63, 3.8) is 0 Å². The van der Waals surface area contributed by atoms with Crippen molar-refractivity contribution in [3.8, 4) is 0 Å². The third-order valence-corrected chi connectivity index (χ3v) is 10.4. The smallest absolute Gasteiger partial charge is 0.108 e. The molecule has 2 rings (SSSR count). The molecule has 0 saturated heterocycles. The van der Waals surface area contributed by atoms with E-state index >= 15 is 0 Å². The van der Waals surface area contributed by atoms with Crippen molar-refractivity contribution in [1.29, 1.82) is 0 Å². The van der Waals surface area contributed by atoms with Crippen molar-refractivity contribution in [2.75, 3.05) is 0 Å². The Labute approximate surface area is 294 Å². The van der Waals surface area contributed by atoms with Gasteiger partial charge >= 0.3 is 0 Å². The highest BCUT2D eigenvalue weighted by Gasteiger charge is 2.09. The quantitative estimate of drug-likeness (QED) is 0.0680. The summed E-state index contributed by atoms with van der Waals surface area (Å²) in [6.45, 7) is 5.78. The average Bonchev–Trinajstić information content (AvgIpc) is 3.48. The summed E-state index contributed by atoms with van der Waals surface area (Å²) in [5.41, 5.74) is 2.77. The second-order valence-corrected chi connectivity index (χ2v) is 15.0. The van der Waals surface area contributed by atoms with Gasteiger partial charge in [0.1, 0.15) is 5.82 Å². The molecule has 2 heteroatoms. The van der Waals surface area contributed by atoms with Crippen molar-refractivity contribution in [2.24, 2.45) is 0 Å². The Morgan fingerprint density at radius 2 is 0.809 bits per heavy atom. The summed E-state index contributed by atoms with van der Waals surface area (Å²) in [5.74, 6) is 1.36. The lowest BCUT2D eigenvalue weighted by Crippen LogP contribution is -2.03. The second-order valence-electron chi connectivity index (χ2n) is 15.0. The lowest BCUT2D eigenvalue weighted by Gasteiger charge is -2.08. The number of nitrogens with zero attached hydrogens (tertiary/aromatic N) is 2. The van der Waals surface area contributed by atoms with Crippen LogP contribution in [0.5, 0.6) is 0 Å². The molecule has 0 aliphatic rings. The van der Waals surface area contributed by atoms with Gasteiger partial charge in [0.2, 0.25) is 0 Å². The zero-order chi connectivity index (χ0) is 33.3. The normalized spacial score (nSPS) is 11.5. The molecule has 0 N–H and O–H groups in total. The van der Waals surface area contributed by atoms with E-state index in [2.05, 4.69) is 54.9 Å². The van der Waals surface area contributed by atoms with Gasteiger partial charge in [0.15, 0.2) is 0 Å². The summed E-state index contributed by atoms with van der Waals surface area (Å²) in [6, 6.07) is 11.0. The fraction of sp³-hybridized carbons (Fsp3) is 0.800. The van der Waals surface area contributed by atoms with Crippen LogP contribution in [-0.4, -0.2) is 9.55 Å². The van der Waals surface area contributed by atoms with Crippen LogP contribution in [0.15, 0.2) is 36.5 Å². The van der Waals surface area contributed by atoms with E-state index < -0.39 is 0 Å². The molecule has 2 aromatic rings. The van der Waals surface area contributed by atoms with E-state index in [0.29, 0.717) is 0 Å². The molecule has 0 fully saturated rings. The fourth-order valence-corrected chi connectivity index (χ4v) is 7.28. The summed E-state index contributed by atoms with van der Waals surface area (Å²) in [6.07, 6.45) is 48.4. The van der Waals surface area contributed by atoms with Gasteiger partial charge in [-0.25, -0.2) is 4.98 Å². The van der Waals surface area contributed by atoms with E-state index in [1.807, 2.05) is 0 Å². The average molecular weight is 649 g/mol. The molecule has 1 heterocycles. The molecule has 270 valence electrons. The molecular weight excluding hydrogens is 569 g/mol. The monoisotopic (exact) mass is 649 g/mol. The van der Waals surface area contributed by atoms with E-state index in [1.165, 1.54) is 210 Å². The molecule has 47 heavy (non-hydrogen) atoms. The first-order valence-corrected chi connectivity index (χ1v) is 21.4. The van der Waals surface area contributed by atoms with Gasteiger partial charge in [-0.05, 0) is 37.7 Å². The van der Waals surface area contributed by atoms with Gasteiger partial charge < -0.3 is 4.57 Å². The highest BCUT2D eigenvalue weighted by molar-refractivity contribution is 5.15. The van der Waals surface area contributed by atoms with Crippen LogP contribution in [0.2, 0.25) is 0 Å². The van der Waals surface area contributed by atoms with Crippen molar-refractivity contribution in [3.05, 3.63) is 53.6 Å². The Morgan fingerprint density at radius 3 is 1.26 bits per heavy atom. The van der Waals surface area contributed by atoms with Gasteiger partial charge in [-0.15, -0.1) is 0 Å². The third kappa shape index (κ3) is 24.3. The number of hydrogen-bond acceptors (Lipinski definition) is 1. The van der Waals surface area contributed by atoms with Crippen LogP contribution in [-0.2, 0) is 25.8 Å². The maximum Gasteiger partial charge on any atom is 0.108 e. The number of rotatable bonds is 35. The van der Waals surface area contributed by atoms with Crippen LogP contribution < -0.4 is 0 Å². The van der Waals surface area contributed by atoms with E-state index in [-0.39, 0.29) is 0 Å². The largest absolute Gasteiger partial charge is 0.335 e. The number of benzene rings is 1. The standard InChI is InChI=1S/C45H80N2/c1-3-5-7-9-11-13-15-17-18-19-21-23-25-27-29-34-41-47-42-44(39-35-38-43-36-31-30-32-37-43)46-45(47)40-33-28-26-24-22-20-16-14-12-10-8-6-4-2/h30-32,36-37,42H,3-29,33-35,38-41H2,1-2H3. The zero-order valence-corrected chi connectivity index (χ0v) is 31.9. The van der Waals surface area contributed by atoms with Crippen molar-refractivity contribution in [1.82, 2.24) is 9.55 Å². The molecule has 0 amide bonds. The van der Waals surface area contributed by atoms with Crippen molar-refractivity contribution >= 4 is 0 Å². The minimum Gasteiger partial charge on any atom is -0.335 e. The molecule has 0 spiro atoms. The molecule has 0 aliphatic heterocycles. The van der Waals surface area contributed by atoms with Gasteiger partial charge in [-0.1, -0.05) is 218 Å². The summed E-state index contributed by atoms with van der Waals surface area (Å²) >= 11 is 0. The molecule has 1 aromatic heterocycles. The SMILES string of the molecule is CCCCCCCCCCCCCCCCCCn1cc(CCCc2ccccc2)nc1CCCCCCCCCCCCCCC. The van der Waals surface area contributed by atoms with E-state index in [0.717, 1.165) is 25.8 Å². The maximum atomic E-state index is 5.19. The van der Waals surface area contributed by atoms with Crippen molar-refractivity contribution in [2.45, 2.75) is 232 Å². The van der Waals surface area contributed by atoms with Crippen LogP contribution in [0.25, 0.3) is 0 Å². The molecule has 2 nitrogen and oxygen atoms in total. The molecule has 0 bridgehead atoms. The topological polar surface area (TPSA) is 17.8 Å². The predicted octanol–water partition coefficient (Wildman–Crippen LogP) is 15.0. The van der Waals surface area contributed by atoms with Crippen LogP contribution >= 0.6 is 0 Å². The van der Waals surface area contributed by atoms with Gasteiger partial charge in [-0.3, -0.25) is 0 Å². The first kappa shape index (κ1) is 41.6. The third-order valence-electron chi connectivity index (χ3n) is 10.4. The Balaban J connectivity index is 1.57. The van der Waals surface area contributed by atoms with Crippen molar-refractivity contribution < 1.29 is 0 Å². The lowest BCUT2D eigenvalue weighted by atomic mass is 10.0. The minimum atomic E-state index is 1.10. The molecule has 0 atom stereocenters. The number of aromatic nitrogens is 2. The van der Waals surface area contributed by atoms with E-state index in [1.54, 1.807) is 0 Å². The van der Waals surface area contributed by atoms with Gasteiger partial charge in [0.25, 0.3) is 0 Å². The zero-order valence-electron chi connectivity index (χ0n) is 31.9. The summed E-state index contributed by atoms with van der Waals surface area (Å²) < 4.78 is 2.54. The van der Waals surface area contributed by atoms with E-state index in [9.17, 15) is 0 Å². The number of imidazole rings is 1. The van der Waals surface area contributed by atoms with Gasteiger partial charge in [0.05, 0.1) is 5.69 Å². The lowest BCUT2D eigenvalue weighted by molar-refractivity contribution is 0.513. The number of unbranched alkanes of at least 4 members (excludes halogenated alkanes) is 27. The first-order chi connectivity index (χ1) is 23.3. The Morgan fingerprint density at radius 1 is 0.404 bits per heavy atom. The van der Waals surface area contributed by atoms with Gasteiger partial charge in [0, 0.05) is 19.2 Å². The maximum absolute atomic E-state index is 5.19. The minimum absolute atomic E-state index is 1.10. The highest BCUT2D eigenvalue weighted by Crippen LogP contribution is 2.17. The Hall–Kier alpha value is -1.57. The van der Waals surface area contributed by atoms with Crippen LogP contribution in [0.3, 0.4) is 0 Å². The first-order valence-electron chi connectivity index (χ1n) is 21.4. The van der Waals surface area contributed by atoms with E-state index in [4.69, 9.17) is 4.98 Å². The number of aryl methyl sites for hydroxylation is 4. The second kappa shape index (κ2) is 31.7. The van der Waals surface area contributed by atoms with Crippen LogP contribution in [0, 0.1) is 0 Å². The fourth-order valence-electron chi connectivity index (χ4n) is 7.28. The molecule has 1 aromatic carbocycles. The molecule has 0 unspecified atom stereocenters. The van der Waals surface area contributed by atoms with Crippen LogP contribution in [0.1, 0.15) is 224 Å². The summed E-state index contributed by atoms with van der Waals surface area (Å²) in [4.78, 5) is 5.19. The Kier molecular flexibility index (Phi) is 28.0. The Bertz CT molecular complexity index is 900. The summed E-state index contributed by atoms with van der Waals surface area (Å²) in [7, 11) is 0. The van der Waals surface area contributed by atoms with Crippen LogP contribution in [0.4, 0.5) is 0 Å². The highest BCUT2D eigenvalue weighted by atomic mass is 15.1.